The maximum atomic E-state index is 5.84. The van der Waals surface area contributed by atoms with Gasteiger partial charge in [0.25, 0.3) is 0 Å². The normalized spacial score (nSPS) is 10.9. The Morgan fingerprint density at radius 2 is 1.67 bits per heavy atom. The quantitative estimate of drug-likeness (QED) is 0.820. The predicted octanol–water partition coefficient (Wildman–Crippen LogP) is 3.25. The van der Waals surface area contributed by atoms with E-state index in [4.69, 9.17) is 16.2 Å². The molecule has 0 amide bonds. The van der Waals surface area contributed by atoms with Crippen LogP contribution in [0.25, 0.3) is 0 Å². The van der Waals surface area contributed by atoms with Gasteiger partial charge in [0.2, 0.25) is 0 Å². The zero-order chi connectivity index (χ0) is 15.1. The Labute approximate surface area is 126 Å². The lowest BCUT2D eigenvalue weighted by Crippen LogP contribution is -2.23. The van der Waals surface area contributed by atoms with Crippen molar-refractivity contribution in [2.24, 2.45) is 17.4 Å². The minimum atomic E-state index is 0.407. The van der Waals surface area contributed by atoms with Crippen LogP contribution in [0, 0.1) is 12.8 Å². The van der Waals surface area contributed by atoms with E-state index in [9.17, 15) is 0 Å². The Morgan fingerprint density at radius 3 is 2.29 bits per heavy atom. The minimum absolute atomic E-state index is 0.407. The molecule has 2 rings (SSSR count). The molecule has 2 aromatic rings. The second-order valence-corrected chi connectivity index (χ2v) is 5.38. The summed E-state index contributed by atoms with van der Waals surface area (Å²) in [4.78, 5) is 0. The van der Waals surface area contributed by atoms with Crippen LogP contribution >= 0.6 is 0 Å². The second kappa shape index (κ2) is 7.81. The SMILES string of the molecule is Cc1cc(Oc2ccccc2)ccc1CCC(CN)CN. The smallest absolute Gasteiger partial charge is 0.127 e. The fourth-order valence-corrected chi connectivity index (χ4v) is 2.33. The molecular formula is C18H24N2O. The number of nitrogens with two attached hydrogens (primary N) is 2. The molecule has 0 heterocycles. The average molecular weight is 284 g/mol. The standard InChI is InChI=1S/C18H24N2O/c1-14-11-18(21-17-5-3-2-4-6-17)10-9-16(14)8-7-15(12-19)13-20/h2-6,9-11,15H,7-8,12-13,19-20H2,1H3. The van der Waals surface area contributed by atoms with Crippen LogP contribution in [0.2, 0.25) is 0 Å². The average Bonchev–Trinajstić information content (AvgIpc) is 2.51. The van der Waals surface area contributed by atoms with E-state index < -0.39 is 0 Å². The van der Waals surface area contributed by atoms with E-state index in [1.54, 1.807) is 0 Å². The van der Waals surface area contributed by atoms with Gasteiger partial charge in [0, 0.05) is 0 Å². The number of rotatable bonds is 7. The molecule has 112 valence electrons. The van der Waals surface area contributed by atoms with Crippen molar-refractivity contribution in [3.05, 3.63) is 59.7 Å². The van der Waals surface area contributed by atoms with E-state index in [2.05, 4.69) is 19.1 Å². The van der Waals surface area contributed by atoms with Gasteiger partial charge in [-0.25, -0.2) is 0 Å². The van der Waals surface area contributed by atoms with Crippen LogP contribution in [0.3, 0.4) is 0 Å². The highest BCUT2D eigenvalue weighted by Gasteiger charge is 2.07. The maximum absolute atomic E-state index is 5.84. The summed E-state index contributed by atoms with van der Waals surface area (Å²) in [5, 5.41) is 0. The van der Waals surface area contributed by atoms with Crippen molar-refractivity contribution in [2.45, 2.75) is 19.8 Å². The van der Waals surface area contributed by atoms with E-state index in [1.807, 2.05) is 36.4 Å². The fraction of sp³-hybridized carbons (Fsp3) is 0.333. The molecule has 21 heavy (non-hydrogen) atoms. The summed E-state index contributed by atoms with van der Waals surface area (Å²) in [5.41, 5.74) is 14.0. The van der Waals surface area contributed by atoms with Gasteiger partial charge in [0.15, 0.2) is 0 Å². The highest BCUT2D eigenvalue weighted by Crippen LogP contribution is 2.24. The lowest BCUT2D eigenvalue weighted by molar-refractivity contribution is 0.481. The molecule has 3 heteroatoms. The van der Waals surface area contributed by atoms with Crippen LogP contribution in [0.4, 0.5) is 0 Å². The van der Waals surface area contributed by atoms with Gasteiger partial charge < -0.3 is 16.2 Å². The summed E-state index contributed by atoms with van der Waals surface area (Å²) in [5.74, 6) is 2.14. The van der Waals surface area contributed by atoms with Gasteiger partial charge in [-0.2, -0.15) is 0 Å². The van der Waals surface area contributed by atoms with Crippen molar-refractivity contribution >= 4 is 0 Å². The van der Waals surface area contributed by atoms with E-state index in [-0.39, 0.29) is 0 Å². The molecule has 0 spiro atoms. The van der Waals surface area contributed by atoms with Crippen LogP contribution in [-0.4, -0.2) is 13.1 Å². The van der Waals surface area contributed by atoms with Crippen LogP contribution in [0.15, 0.2) is 48.5 Å². The molecule has 0 radical (unpaired) electrons. The molecular weight excluding hydrogens is 260 g/mol. The third-order valence-corrected chi connectivity index (χ3v) is 3.78. The van der Waals surface area contributed by atoms with Gasteiger partial charge in [-0.3, -0.25) is 0 Å². The van der Waals surface area contributed by atoms with Gasteiger partial charge in [-0.15, -0.1) is 0 Å². The van der Waals surface area contributed by atoms with Gasteiger partial charge in [-0.05, 0) is 74.2 Å². The first-order chi connectivity index (χ1) is 10.2. The van der Waals surface area contributed by atoms with Gasteiger partial charge in [0.1, 0.15) is 11.5 Å². The summed E-state index contributed by atoms with van der Waals surface area (Å²) in [7, 11) is 0. The lowest BCUT2D eigenvalue weighted by Gasteiger charge is -2.14. The van der Waals surface area contributed by atoms with Crippen molar-refractivity contribution in [3.63, 3.8) is 0 Å². The first-order valence-electron chi connectivity index (χ1n) is 7.45. The van der Waals surface area contributed by atoms with Crippen molar-refractivity contribution < 1.29 is 4.74 Å². The summed E-state index contributed by atoms with van der Waals surface area (Å²) >= 11 is 0. The molecule has 0 aliphatic rings. The third kappa shape index (κ3) is 4.59. The number of benzene rings is 2. The third-order valence-electron chi connectivity index (χ3n) is 3.78. The second-order valence-electron chi connectivity index (χ2n) is 5.38. The van der Waals surface area contributed by atoms with Crippen LogP contribution < -0.4 is 16.2 Å². The van der Waals surface area contributed by atoms with Crippen molar-refractivity contribution in [1.29, 1.82) is 0 Å². The largest absolute Gasteiger partial charge is 0.457 e. The molecule has 0 aromatic heterocycles. The molecule has 0 saturated carbocycles. The van der Waals surface area contributed by atoms with Crippen LogP contribution in [0.1, 0.15) is 17.5 Å². The van der Waals surface area contributed by atoms with Crippen LogP contribution in [-0.2, 0) is 6.42 Å². The molecule has 4 N–H and O–H groups in total. The summed E-state index contributed by atoms with van der Waals surface area (Å²) in [6.07, 6.45) is 2.04. The molecule has 0 unspecified atom stereocenters. The maximum Gasteiger partial charge on any atom is 0.127 e. The number of ether oxygens (including phenoxy) is 1. The number of para-hydroxylation sites is 1. The van der Waals surface area contributed by atoms with Gasteiger partial charge in [-0.1, -0.05) is 24.3 Å². The zero-order valence-corrected chi connectivity index (χ0v) is 12.6. The first-order valence-corrected chi connectivity index (χ1v) is 7.45. The summed E-state index contributed by atoms with van der Waals surface area (Å²) in [6.45, 7) is 3.43. The fourth-order valence-electron chi connectivity index (χ4n) is 2.33. The molecule has 0 atom stereocenters. The number of hydrogen-bond acceptors (Lipinski definition) is 3. The van der Waals surface area contributed by atoms with E-state index in [0.717, 1.165) is 24.3 Å². The van der Waals surface area contributed by atoms with Gasteiger partial charge >= 0.3 is 0 Å². The molecule has 0 saturated heterocycles. The molecule has 0 bridgehead atoms. The van der Waals surface area contributed by atoms with Gasteiger partial charge in [0.05, 0.1) is 0 Å². The van der Waals surface area contributed by atoms with E-state index in [0.29, 0.717) is 19.0 Å². The molecule has 0 aliphatic heterocycles. The molecule has 0 fully saturated rings. The van der Waals surface area contributed by atoms with Crippen molar-refractivity contribution in [3.8, 4) is 11.5 Å². The van der Waals surface area contributed by atoms with Crippen molar-refractivity contribution in [1.82, 2.24) is 0 Å². The highest BCUT2D eigenvalue weighted by molar-refractivity contribution is 5.37. The minimum Gasteiger partial charge on any atom is -0.457 e. The molecule has 3 nitrogen and oxygen atoms in total. The monoisotopic (exact) mass is 284 g/mol. The first kappa shape index (κ1) is 15.5. The van der Waals surface area contributed by atoms with E-state index in [1.165, 1.54) is 11.1 Å². The Hall–Kier alpha value is -1.84. The number of hydrogen-bond donors (Lipinski definition) is 2. The summed E-state index contributed by atoms with van der Waals surface area (Å²) in [6, 6.07) is 16.1. The topological polar surface area (TPSA) is 61.3 Å². The van der Waals surface area contributed by atoms with Crippen LogP contribution in [0.5, 0.6) is 11.5 Å². The van der Waals surface area contributed by atoms with E-state index >= 15 is 0 Å². The Balaban J connectivity index is 2.00. The lowest BCUT2D eigenvalue weighted by atomic mass is 9.97. The predicted molar refractivity (Wildman–Crippen MR) is 87.6 cm³/mol. The molecule has 0 aliphatic carbocycles. The Morgan fingerprint density at radius 1 is 0.952 bits per heavy atom. The number of aryl methyl sites for hydroxylation is 2. The highest BCUT2D eigenvalue weighted by atomic mass is 16.5. The summed E-state index contributed by atoms with van der Waals surface area (Å²) < 4.78 is 5.84. The Kier molecular flexibility index (Phi) is 5.78. The molecule has 2 aromatic carbocycles. The zero-order valence-electron chi connectivity index (χ0n) is 12.6. The van der Waals surface area contributed by atoms with Crippen molar-refractivity contribution in [2.75, 3.05) is 13.1 Å². The Bertz CT molecular complexity index is 550.